The van der Waals surface area contributed by atoms with Crippen molar-refractivity contribution in [1.82, 2.24) is 5.32 Å². The third-order valence-electron chi connectivity index (χ3n) is 3.60. The fourth-order valence-corrected chi connectivity index (χ4v) is 2.41. The second-order valence-electron chi connectivity index (χ2n) is 5.29. The molecular weight excluding hydrogens is 226 g/mol. The van der Waals surface area contributed by atoms with Crippen LogP contribution in [0, 0.1) is 5.92 Å². The molecule has 3 heteroatoms. The smallest absolute Gasteiger partial charge is 0.0701 e. The average molecular weight is 257 g/mol. The largest absolute Gasteiger partial charge is 0.379 e. The minimum absolute atomic E-state index is 0.731. The highest BCUT2D eigenvalue weighted by Crippen LogP contribution is 2.22. The summed E-state index contributed by atoms with van der Waals surface area (Å²) in [5.74, 6) is 0.913. The summed E-state index contributed by atoms with van der Waals surface area (Å²) in [5, 5.41) is 3.50. The van der Waals surface area contributed by atoms with E-state index in [-0.39, 0.29) is 0 Å². The van der Waals surface area contributed by atoms with Gasteiger partial charge >= 0.3 is 0 Å². The molecule has 0 heterocycles. The Labute approximate surface area is 113 Å². The van der Waals surface area contributed by atoms with Crippen LogP contribution >= 0.6 is 0 Å². The molecular formula is C15H31NO2. The minimum Gasteiger partial charge on any atom is -0.379 e. The predicted octanol–water partition coefficient (Wildman–Crippen LogP) is 2.99. The summed E-state index contributed by atoms with van der Waals surface area (Å²) in [4.78, 5) is 0. The molecule has 0 unspecified atom stereocenters. The Balaban J connectivity index is 1.73. The lowest BCUT2D eigenvalue weighted by atomic mass is 9.89. The lowest BCUT2D eigenvalue weighted by Gasteiger charge is -2.21. The van der Waals surface area contributed by atoms with Gasteiger partial charge < -0.3 is 14.8 Å². The first-order valence-electron chi connectivity index (χ1n) is 7.79. The molecule has 1 N–H and O–H groups in total. The Bertz CT molecular complexity index is 170. The molecule has 108 valence electrons. The van der Waals surface area contributed by atoms with Crippen LogP contribution in [-0.2, 0) is 9.47 Å². The molecule has 0 saturated heterocycles. The fourth-order valence-electron chi connectivity index (χ4n) is 2.41. The van der Waals surface area contributed by atoms with Crippen LogP contribution in [0.2, 0.25) is 0 Å². The molecule has 0 aromatic rings. The van der Waals surface area contributed by atoms with Crippen LogP contribution in [0.1, 0.15) is 51.9 Å². The van der Waals surface area contributed by atoms with Crippen molar-refractivity contribution in [3.63, 3.8) is 0 Å². The van der Waals surface area contributed by atoms with Gasteiger partial charge in [-0.1, -0.05) is 32.6 Å². The van der Waals surface area contributed by atoms with Crippen molar-refractivity contribution in [2.45, 2.75) is 51.9 Å². The van der Waals surface area contributed by atoms with Gasteiger partial charge in [0.15, 0.2) is 0 Å². The van der Waals surface area contributed by atoms with E-state index in [1.165, 1.54) is 45.1 Å². The number of nitrogens with one attached hydrogen (secondary N) is 1. The molecule has 0 bridgehead atoms. The van der Waals surface area contributed by atoms with Gasteiger partial charge in [0.2, 0.25) is 0 Å². The van der Waals surface area contributed by atoms with E-state index in [9.17, 15) is 0 Å². The molecule has 0 aromatic carbocycles. The van der Waals surface area contributed by atoms with Crippen LogP contribution in [0.4, 0.5) is 0 Å². The van der Waals surface area contributed by atoms with E-state index in [1.807, 2.05) is 0 Å². The van der Waals surface area contributed by atoms with E-state index in [4.69, 9.17) is 9.47 Å². The van der Waals surface area contributed by atoms with E-state index in [2.05, 4.69) is 12.2 Å². The minimum atomic E-state index is 0.731. The van der Waals surface area contributed by atoms with Crippen LogP contribution in [0.15, 0.2) is 0 Å². The zero-order valence-corrected chi connectivity index (χ0v) is 12.1. The first kappa shape index (κ1) is 15.9. The first-order valence-corrected chi connectivity index (χ1v) is 7.79. The Kier molecular flexibility index (Phi) is 10.6. The van der Waals surface area contributed by atoms with E-state index < -0.39 is 0 Å². The molecule has 0 radical (unpaired) electrons. The van der Waals surface area contributed by atoms with Crippen LogP contribution in [0.25, 0.3) is 0 Å². The van der Waals surface area contributed by atoms with Gasteiger partial charge in [0, 0.05) is 13.2 Å². The molecule has 0 spiro atoms. The van der Waals surface area contributed by atoms with Crippen LogP contribution in [0.3, 0.4) is 0 Å². The summed E-state index contributed by atoms with van der Waals surface area (Å²) in [6.07, 6.45) is 9.49. The van der Waals surface area contributed by atoms with Crippen molar-refractivity contribution in [3.8, 4) is 0 Å². The Morgan fingerprint density at radius 2 is 1.67 bits per heavy atom. The van der Waals surface area contributed by atoms with Crippen molar-refractivity contribution in [2.75, 3.05) is 39.5 Å². The summed E-state index contributed by atoms with van der Waals surface area (Å²) < 4.78 is 10.9. The van der Waals surface area contributed by atoms with Crippen molar-refractivity contribution in [1.29, 1.82) is 0 Å². The SMILES string of the molecule is CCCCOCCOCCNCC1CCCCC1. The summed E-state index contributed by atoms with van der Waals surface area (Å²) in [6.45, 7) is 7.49. The third kappa shape index (κ3) is 8.90. The molecule has 18 heavy (non-hydrogen) atoms. The van der Waals surface area contributed by atoms with Crippen LogP contribution in [-0.4, -0.2) is 39.5 Å². The Morgan fingerprint density at radius 3 is 2.39 bits per heavy atom. The second kappa shape index (κ2) is 11.9. The van der Waals surface area contributed by atoms with Gasteiger partial charge in [0.1, 0.15) is 0 Å². The van der Waals surface area contributed by atoms with Crippen LogP contribution in [0.5, 0.6) is 0 Å². The molecule has 0 aromatic heterocycles. The van der Waals surface area contributed by atoms with Gasteiger partial charge in [-0.2, -0.15) is 0 Å². The van der Waals surface area contributed by atoms with Gasteiger partial charge in [-0.3, -0.25) is 0 Å². The highest BCUT2D eigenvalue weighted by Gasteiger charge is 2.12. The van der Waals surface area contributed by atoms with Gasteiger partial charge in [-0.05, 0) is 31.7 Å². The molecule has 1 aliphatic carbocycles. The molecule has 1 aliphatic rings. The quantitative estimate of drug-likeness (QED) is 0.577. The van der Waals surface area contributed by atoms with Crippen molar-refractivity contribution in [2.24, 2.45) is 5.92 Å². The molecule has 1 saturated carbocycles. The predicted molar refractivity (Wildman–Crippen MR) is 76.0 cm³/mol. The molecule has 0 aliphatic heterocycles. The fraction of sp³-hybridized carbons (Fsp3) is 1.00. The van der Waals surface area contributed by atoms with Gasteiger partial charge in [-0.15, -0.1) is 0 Å². The Morgan fingerprint density at radius 1 is 0.944 bits per heavy atom. The zero-order chi connectivity index (χ0) is 12.9. The van der Waals surface area contributed by atoms with E-state index in [0.717, 1.165) is 45.3 Å². The summed E-state index contributed by atoms with van der Waals surface area (Å²) in [7, 11) is 0. The monoisotopic (exact) mass is 257 g/mol. The molecule has 0 atom stereocenters. The summed E-state index contributed by atoms with van der Waals surface area (Å²) >= 11 is 0. The highest BCUT2D eigenvalue weighted by atomic mass is 16.5. The second-order valence-corrected chi connectivity index (χ2v) is 5.29. The number of rotatable bonds is 11. The standard InChI is InChI=1S/C15H31NO2/c1-2-3-10-17-12-13-18-11-9-16-14-15-7-5-4-6-8-15/h15-16H,2-14H2,1H3. The summed E-state index contributed by atoms with van der Waals surface area (Å²) in [6, 6.07) is 0. The average Bonchev–Trinajstić information content (AvgIpc) is 2.42. The van der Waals surface area contributed by atoms with E-state index in [0.29, 0.717) is 0 Å². The van der Waals surface area contributed by atoms with Crippen molar-refractivity contribution >= 4 is 0 Å². The highest BCUT2D eigenvalue weighted by molar-refractivity contribution is 4.67. The van der Waals surface area contributed by atoms with Crippen molar-refractivity contribution < 1.29 is 9.47 Å². The zero-order valence-electron chi connectivity index (χ0n) is 12.1. The topological polar surface area (TPSA) is 30.5 Å². The first-order chi connectivity index (χ1) is 8.93. The van der Waals surface area contributed by atoms with Gasteiger partial charge in [0.25, 0.3) is 0 Å². The lowest BCUT2D eigenvalue weighted by Crippen LogP contribution is -2.27. The van der Waals surface area contributed by atoms with E-state index >= 15 is 0 Å². The van der Waals surface area contributed by atoms with Crippen molar-refractivity contribution in [3.05, 3.63) is 0 Å². The lowest BCUT2D eigenvalue weighted by molar-refractivity contribution is 0.0475. The third-order valence-corrected chi connectivity index (χ3v) is 3.60. The number of hydrogen-bond donors (Lipinski definition) is 1. The number of unbranched alkanes of at least 4 members (excludes halogenated alkanes) is 1. The maximum absolute atomic E-state index is 5.52. The van der Waals surface area contributed by atoms with E-state index in [1.54, 1.807) is 0 Å². The number of hydrogen-bond acceptors (Lipinski definition) is 3. The molecule has 1 fully saturated rings. The molecule has 1 rings (SSSR count). The number of ether oxygens (including phenoxy) is 2. The maximum atomic E-state index is 5.52. The Hall–Kier alpha value is -0.120. The van der Waals surface area contributed by atoms with Crippen LogP contribution < -0.4 is 5.32 Å². The molecule has 0 amide bonds. The van der Waals surface area contributed by atoms with Gasteiger partial charge in [0.05, 0.1) is 19.8 Å². The van der Waals surface area contributed by atoms with Gasteiger partial charge in [-0.25, -0.2) is 0 Å². The normalized spacial score (nSPS) is 17.2. The summed E-state index contributed by atoms with van der Waals surface area (Å²) in [5.41, 5.74) is 0. The molecule has 3 nitrogen and oxygen atoms in total. The maximum Gasteiger partial charge on any atom is 0.0701 e.